The Bertz CT molecular complexity index is 1590. The minimum absolute atomic E-state index is 0.0359. The SMILES string of the molecule is CC(C)NC(=O)COc1cccc(-n2cc(Nc3ccc4[nH]ncc4c3)c3ccccc3c2=O)c1. The van der Waals surface area contributed by atoms with Crippen molar-refractivity contribution in [1.29, 1.82) is 0 Å². The molecule has 35 heavy (non-hydrogen) atoms. The molecule has 3 aromatic carbocycles. The first-order chi connectivity index (χ1) is 17.0. The highest BCUT2D eigenvalue weighted by Gasteiger charge is 2.12. The summed E-state index contributed by atoms with van der Waals surface area (Å²) in [6, 6.07) is 20.6. The number of carbonyl (C=O) groups is 1. The molecule has 0 saturated heterocycles. The van der Waals surface area contributed by atoms with Gasteiger partial charge in [-0.05, 0) is 50.2 Å². The van der Waals surface area contributed by atoms with Gasteiger partial charge in [0.1, 0.15) is 5.75 Å². The molecule has 2 heterocycles. The molecule has 0 saturated carbocycles. The highest BCUT2D eigenvalue weighted by atomic mass is 16.5. The van der Waals surface area contributed by atoms with Gasteiger partial charge in [-0.3, -0.25) is 19.3 Å². The number of fused-ring (bicyclic) bond motifs is 2. The van der Waals surface area contributed by atoms with Crippen molar-refractivity contribution in [3.63, 3.8) is 0 Å². The van der Waals surface area contributed by atoms with Gasteiger partial charge in [0.05, 0.1) is 23.1 Å². The van der Waals surface area contributed by atoms with E-state index in [1.165, 1.54) is 0 Å². The van der Waals surface area contributed by atoms with Crippen molar-refractivity contribution in [2.45, 2.75) is 19.9 Å². The Kier molecular flexibility index (Phi) is 5.93. The van der Waals surface area contributed by atoms with Crippen LogP contribution in [0.2, 0.25) is 0 Å². The molecule has 0 aliphatic heterocycles. The Labute approximate surface area is 201 Å². The molecular formula is C27H25N5O3. The van der Waals surface area contributed by atoms with Crippen molar-refractivity contribution in [2.75, 3.05) is 11.9 Å². The van der Waals surface area contributed by atoms with Crippen molar-refractivity contribution in [3.05, 3.63) is 89.5 Å². The summed E-state index contributed by atoms with van der Waals surface area (Å²) < 4.78 is 7.25. The number of amides is 1. The summed E-state index contributed by atoms with van der Waals surface area (Å²) >= 11 is 0. The van der Waals surface area contributed by atoms with Gasteiger partial charge in [0, 0.05) is 40.2 Å². The van der Waals surface area contributed by atoms with Crippen molar-refractivity contribution in [1.82, 2.24) is 20.1 Å². The average Bonchev–Trinajstić information content (AvgIpc) is 3.32. The van der Waals surface area contributed by atoms with Crippen LogP contribution in [0.15, 0.2) is 83.9 Å². The molecule has 0 bridgehead atoms. The maximum absolute atomic E-state index is 13.4. The zero-order chi connectivity index (χ0) is 24.4. The number of pyridine rings is 1. The van der Waals surface area contributed by atoms with Crippen LogP contribution in [-0.2, 0) is 4.79 Å². The lowest BCUT2D eigenvalue weighted by molar-refractivity contribution is -0.123. The van der Waals surface area contributed by atoms with Gasteiger partial charge in [0.25, 0.3) is 11.5 Å². The lowest BCUT2D eigenvalue weighted by Crippen LogP contribution is -2.34. The van der Waals surface area contributed by atoms with Crippen LogP contribution in [0.25, 0.3) is 27.4 Å². The molecule has 3 N–H and O–H groups in total. The van der Waals surface area contributed by atoms with Crippen LogP contribution in [0.1, 0.15) is 13.8 Å². The predicted molar refractivity (Wildman–Crippen MR) is 138 cm³/mol. The zero-order valence-corrected chi connectivity index (χ0v) is 19.4. The quantitative estimate of drug-likeness (QED) is 0.327. The number of H-pyrrole nitrogens is 1. The summed E-state index contributed by atoms with van der Waals surface area (Å²) in [7, 11) is 0. The molecule has 0 unspecified atom stereocenters. The van der Waals surface area contributed by atoms with Gasteiger partial charge in [-0.1, -0.05) is 24.3 Å². The summed E-state index contributed by atoms with van der Waals surface area (Å²) in [5.41, 5.74) is 3.10. The molecule has 8 nitrogen and oxygen atoms in total. The number of carbonyl (C=O) groups excluding carboxylic acids is 1. The van der Waals surface area contributed by atoms with Crippen molar-refractivity contribution < 1.29 is 9.53 Å². The average molecular weight is 468 g/mol. The van der Waals surface area contributed by atoms with Gasteiger partial charge < -0.3 is 15.4 Å². The molecule has 0 spiro atoms. The number of nitrogens with zero attached hydrogens (tertiary/aromatic N) is 2. The first-order valence-corrected chi connectivity index (χ1v) is 11.3. The first-order valence-electron chi connectivity index (χ1n) is 11.3. The minimum atomic E-state index is -0.200. The van der Waals surface area contributed by atoms with Crippen LogP contribution in [0.5, 0.6) is 5.75 Å². The Hall–Kier alpha value is -4.59. The summed E-state index contributed by atoms with van der Waals surface area (Å²) in [6.07, 6.45) is 3.56. The molecular weight excluding hydrogens is 442 g/mol. The standard InChI is InChI=1S/C27H25N5O3/c1-17(2)29-26(33)16-35-21-7-5-6-20(13-21)32-15-25(22-8-3-4-9-23(22)27(32)34)30-19-10-11-24-18(12-19)14-28-31-24/h3-15,17,30H,16H2,1-2H3,(H,28,31)(H,29,33). The van der Waals surface area contributed by atoms with Gasteiger partial charge in [-0.2, -0.15) is 5.10 Å². The topological polar surface area (TPSA) is 101 Å². The van der Waals surface area contributed by atoms with E-state index in [0.717, 1.165) is 27.7 Å². The van der Waals surface area contributed by atoms with Crippen molar-refractivity contribution >= 4 is 39.0 Å². The molecule has 0 aliphatic rings. The van der Waals surface area contributed by atoms with E-state index in [1.54, 1.807) is 35.2 Å². The first kappa shape index (κ1) is 22.2. The fraction of sp³-hybridized carbons (Fsp3) is 0.148. The summed E-state index contributed by atoms with van der Waals surface area (Å²) in [5, 5.41) is 15.7. The number of aromatic amines is 1. The Balaban J connectivity index is 1.51. The van der Waals surface area contributed by atoms with E-state index in [-0.39, 0.29) is 24.1 Å². The molecule has 1 amide bonds. The third-order valence-electron chi connectivity index (χ3n) is 5.56. The monoisotopic (exact) mass is 467 g/mol. The van der Waals surface area contributed by atoms with E-state index in [9.17, 15) is 9.59 Å². The van der Waals surface area contributed by atoms with E-state index in [0.29, 0.717) is 16.8 Å². The molecule has 2 aromatic heterocycles. The van der Waals surface area contributed by atoms with E-state index < -0.39 is 0 Å². The molecule has 5 rings (SSSR count). The van der Waals surface area contributed by atoms with Gasteiger partial charge in [-0.25, -0.2) is 0 Å². The van der Waals surface area contributed by atoms with Gasteiger partial charge in [0.2, 0.25) is 0 Å². The van der Waals surface area contributed by atoms with Crippen molar-refractivity contribution in [3.8, 4) is 11.4 Å². The predicted octanol–water partition coefficient (Wildman–Crippen LogP) is 4.51. The Morgan fingerprint density at radius 1 is 1.06 bits per heavy atom. The van der Waals surface area contributed by atoms with Crippen LogP contribution in [-0.4, -0.2) is 33.3 Å². The number of nitrogens with one attached hydrogen (secondary N) is 3. The second kappa shape index (κ2) is 9.34. The molecule has 0 atom stereocenters. The van der Waals surface area contributed by atoms with Gasteiger partial charge in [-0.15, -0.1) is 0 Å². The number of hydrogen-bond acceptors (Lipinski definition) is 5. The normalized spacial score (nSPS) is 11.2. The van der Waals surface area contributed by atoms with E-state index in [4.69, 9.17) is 4.74 Å². The Morgan fingerprint density at radius 2 is 1.89 bits per heavy atom. The summed E-state index contributed by atoms with van der Waals surface area (Å²) in [5.74, 6) is 0.302. The largest absolute Gasteiger partial charge is 0.484 e. The van der Waals surface area contributed by atoms with Crippen LogP contribution >= 0.6 is 0 Å². The van der Waals surface area contributed by atoms with E-state index in [2.05, 4.69) is 20.8 Å². The second-order valence-electron chi connectivity index (χ2n) is 8.57. The number of aromatic nitrogens is 3. The molecule has 0 fully saturated rings. The molecule has 0 radical (unpaired) electrons. The zero-order valence-electron chi connectivity index (χ0n) is 19.4. The number of ether oxygens (including phenoxy) is 1. The summed E-state index contributed by atoms with van der Waals surface area (Å²) in [6.45, 7) is 3.69. The van der Waals surface area contributed by atoms with Crippen molar-refractivity contribution in [2.24, 2.45) is 0 Å². The lowest BCUT2D eigenvalue weighted by Gasteiger charge is -2.15. The number of anilines is 2. The smallest absolute Gasteiger partial charge is 0.263 e. The molecule has 176 valence electrons. The number of hydrogen-bond donors (Lipinski definition) is 3. The third kappa shape index (κ3) is 4.72. The maximum atomic E-state index is 13.4. The number of benzene rings is 3. The van der Waals surface area contributed by atoms with Gasteiger partial charge in [0.15, 0.2) is 6.61 Å². The van der Waals surface area contributed by atoms with E-state index >= 15 is 0 Å². The van der Waals surface area contributed by atoms with Crippen LogP contribution in [0, 0.1) is 0 Å². The molecule has 8 heteroatoms. The fourth-order valence-corrected chi connectivity index (χ4v) is 3.99. The number of rotatable bonds is 7. The highest BCUT2D eigenvalue weighted by Crippen LogP contribution is 2.27. The summed E-state index contributed by atoms with van der Waals surface area (Å²) in [4.78, 5) is 25.3. The van der Waals surface area contributed by atoms with E-state index in [1.807, 2.05) is 62.4 Å². The second-order valence-corrected chi connectivity index (χ2v) is 8.57. The maximum Gasteiger partial charge on any atom is 0.263 e. The van der Waals surface area contributed by atoms with Crippen LogP contribution in [0.3, 0.4) is 0 Å². The van der Waals surface area contributed by atoms with Crippen LogP contribution in [0.4, 0.5) is 11.4 Å². The lowest BCUT2D eigenvalue weighted by atomic mass is 10.1. The Morgan fingerprint density at radius 3 is 2.71 bits per heavy atom. The van der Waals surface area contributed by atoms with Crippen LogP contribution < -0.4 is 20.9 Å². The minimum Gasteiger partial charge on any atom is -0.484 e. The molecule has 0 aliphatic carbocycles. The van der Waals surface area contributed by atoms with Gasteiger partial charge >= 0.3 is 0 Å². The molecule has 5 aromatic rings. The highest BCUT2D eigenvalue weighted by molar-refractivity contribution is 5.95. The fourth-order valence-electron chi connectivity index (χ4n) is 3.99. The third-order valence-corrected chi connectivity index (χ3v) is 5.56.